The highest BCUT2D eigenvalue weighted by molar-refractivity contribution is 7.82. The molecule has 1 aliphatic heterocycles. The molecule has 0 radical (unpaired) electrons. The molecule has 0 saturated carbocycles. The monoisotopic (exact) mass is 483 g/mol. The predicted molar refractivity (Wildman–Crippen MR) is 114 cm³/mol. The van der Waals surface area contributed by atoms with Crippen LogP contribution in [0.15, 0.2) is 54.6 Å². The van der Waals surface area contributed by atoms with E-state index in [1.165, 1.54) is 7.11 Å². The van der Waals surface area contributed by atoms with Crippen molar-refractivity contribution in [3.63, 3.8) is 0 Å². The van der Waals surface area contributed by atoms with E-state index in [0.29, 0.717) is 6.61 Å². The van der Waals surface area contributed by atoms with Crippen LogP contribution in [0.1, 0.15) is 12.5 Å². The highest BCUT2D eigenvalue weighted by Gasteiger charge is 2.46. The minimum atomic E-state index is -4.61. The average Bonchev–Trinajstić information content (AvgIpc) is 2.79. The Balaban J connectivity index is 1.61. The fourth-order valence-electron chi connectivity index (χ4n) is 3.34. The van der Waals surface area contributed by atoms with Gasteiger partial charge in [-0.2, -0.15) is 8.42 Å². The molecule has 2 aromatic carbocycles. The summed E-state index contributed by atoms with van der Waals surface area (Å²) in [6, 6.07) is 13.9. The molecule has 0 amide bonds. The molecule has 12 heteroatoms. The molecule has 1 N–H and O–H groups in total. The first-order chi connectivity index (χ1) is 15.7. The van der Waals surface area contributed by atoms with Crippen LogP contribution >= 0.6 is 0 Å². The normalized spacial score (nSPS) is 25.5. The number of hydrogen-bond acceptors (Lipinski definition) is 10. The highest BCUT2D eigenvalue weighted by atomic mass is 32.3. The number of benzene rings is 2. The highest BCUT2D eigenvalue weighted by Crippen LogP contribution is 2.31. The van der Waals surface area contributed by atoms with E-state index in [2.05, 4.69) is 0 Å². The Hall–Kier alpha value is -2.61. The lowest BCUT2D eigenvalue weighted by atomic mass is 9.91. The second-order valence-electron chi connectivity index (χ2n) is 7.43. The number of nitro groups is 1. The van der Waals surface area contributed by atoms with E-state index in [9.17, 15) is 23.6 Å². The van der Waals surface area contributed by atoms with Gasteiger partial charge >= 0.3 is 10.4 Å². The van der Waals surface area contributed by atoms with Crippen LogP contribution in [0, 0.1) is 16.0 Å². The van der Waals surface area contributed by atoms with Gasteiger partial charge in [-0.05, 0) is 17.7 Å². The van der Waals surface area contributed by atoms with Gasteiger partial charge < -0.3 is 23.5 Å². The van der Waals surface area contributed by atoms with Gasteiger partial charge in [0.05, 0.1) is 24.2 Å². The van der Waals surface area contributed by atoms with Crippen LogP contribution < -0.4 is 4.18 Å². The Kier molecular flexibility index (Phi) is 8.35. The summed E-state index contributed by atoms with van der Waals surface area (Å²) >= 11 is 0. The minimum Gasteiger partial charge on any atom is -0.390 e. The number of nitro benzene ring substituents is 1. The third-order valence-corrected chi connectivity index (χ3v) is 5.97. The van der Waals surface area contributed by atoms with Gasteiger partial charge in [0, 0.05) is 25.2 Å². The molecule has 1 saturated heterocycles. The zero-order chi connectivity index (χ0) is 24.0. The summed E-state index contributed by atoms with van der Waals surface area (Å²) < 4.78 is 51.4. The van der Waals surface area contributed by atoms with Crippen molar-refractivity contribution in [1.29, 1.82) is 0 Å². The summed E-state index contributed by atoms with van der Waals surface area (Å²) in [5.74, 6) is -0.893. The fourth-order valence-corrected chi connectivity index (χ4v) is 4.26. The Morgan fingerprint density at radius 3 is 2.39 bits per heavy atom. The number of non-ortho nitro benzene ring substituents is 1. The van der Waals surface area contributed by atoms with Crippen molar-refractivity contribution in [3.05, 3.63) is 70.3 Å². The van der Waals surface area contributed by atoms with E-state index in [0.717, 1.165) is 29.8 Å². The molecule has 11 nitrogen and oxygen atoms in total. The number of rotatable bonds is 10. The molecule has 1 aliphatic rings. The summed E-state index contributed by atoms with van der Waals surface area (Å²) in [5, 5.41) is 21.4. The van der Waals surface area contributed by atoms with Gasteiger partial charge in [-0.15, -0.1) is 0 Å². The van der Waals surface area contributed by atoms with E-state index < -0.39 is 45.8 Å². The van der Waals surface area contributed by atoms with Gasteiger partial charge in [0.15, 0.2) is 6.29 Å². The molecule has 2 unspecified atom stereocenters. The van der Waals surface area contributed by atoms with Gasteiger partial charge in [-0.3, -0.25) is 10.1 Å². The molecule has 0 bridgehead atoms. The summed E-state index contributed by atoms with van der Waals surface area (Å²) in [6.45, 7) is 1.96. The molecule has 1 heterocycles. The van der Waals surface area contributed by atoms with E-state index in [4.69, 9.17) is 22.6 Å². The van der Waals surface area contributed by atoms with Crippen LogP contribution in [0.2, 0.25) is 0 Å². The molecule has 0 aliphatic carbocycles. The van der Waals surface area contributed by atoms with Crippen LogP contribution in [0.25, 0.3) is 0 Å². The van der Waals surface area contributed by atoms with Crippen molar-refractivity contribution < 1.29 is 41.0 Å². The molecular formula is C21H25NO10S. The first-order valence-electron chi connectivity index (χ1n) is 10.1. The van der Waals surface area contributed by atoms with Crippen molar-refractivity contribution in [2.45, 2.75) is 38.1 Å². The lowest BCUT2D eigenvalue weighted by Crippen LogP contribution is -2.56. The minimum absolute atomic E-state index is 0.0546. The number of aliphatic hydroxyl groups excluding tert-OH is 1. The molecule has 33 heavy (non-hydrogen) atoms. The third-order valence-electron chi connectivity index (χ3n) is 5.12. The van der Waals surface area contributed by atoms with Gasteiger partial charge in [-0.25, -0.2) is 4.18 Å². The van der Waals surface area contributed by atoms with Gasteiger partial charge in [-0.1, -0.05) is 37.3 Å². The maximum absolute atomic E-state index is 12.4. The molecule has 180 valence electrons. The van der Waals surface area contributed by atoms with Gasteiger partial charge in [0.25, 0.3) is 5.69 Å². The first-order valence-corrected chi connectivity index (χ1v) is 11.4. The van der Waals surface area contributed by atoms with Gasteiger partial charge in [0.2, 0.25) is 0 Å². The standard InChI is InChI=1S/C21H25NO10S/c1-14-19(23)18(13-29-12-15-6-4-3-5-7-15)30-21(28-2)20(14)32-33(26,27)31-17-10-8-16(9-11-17)22(24)25/h3-11,14,18-21,23H,12-13H2,1-2H3/t14?,18?,19-,20-,21-/m0/s1. The molecule has 1 fully saturated rings. The smallest absolute Gasteiger partial charge is 0.390 e. The van der Waals surface area contributed by atoms with Crippen LogP contribution in [0.4, 0.5) is 5.69 Å². The lowest BCUT2D eigenvalue weighted by molar-refractivity contribution is -0.384. The second kappa shape index (κ2) is 11.0. The van der Waals surface area contributed by atoms with Crippen molar-refractivity contribution in [2.24, 2.45) is 5.92 Å². The van der Waals surface area contributed by atoms with E-state index in [-0.39, 0.29) is 18.0 Å². The molecule has 3 rings (SSSR count). The zero-order valence-corrected chi connectivity index (χ0v) is 18.8. The molecular weight excluding hydrogens is 458 g/mol. The third kappa shape index (κ3) is 6.69. The Morgan fingerprint density at radius 1 is 1.12 bits per heavy atom. The lowest BCUT2D eigenvalue weighted by Gasteiger charge is -2.41. The first kappa shape index (κ1) is 25.0. The maximum Gasteiger partial charge on any atom is 0.449 e. The van der Waals surface area contributed by atoms with E-state index in [1.54, 1.807) is 6.92 Å². The number of methoxy groups -OCH3 is 1. The quantitative estimate of drug-likeness (QED) is 0.394. The Labute approximate surface area is 191 Å². The fraction of sp³-hybridized carbons (Fsp3) is 0.429. The molecule has 0 aromatic heterocycles. The van der Waals surface area contributed by atoms with Crippen LogP contribution in [-0.2, 0) is 35.4 Å². The Morgan fingerprint density at radius 2 is 1.79 bits per heavy atom. The number of ether oxygens (including phenoxy) is 3. The number of aliphatic hydroxyl groups is 1. The van der Waals surface area contributed by atoms with Gasteiger partial charge in [0.1, 0.15) is 18.0 Å². The van der Waals surface area contributed by atoms with E-state index >= 15 is 0 Å². The summed E-state index contributed by atoms with van der Waals surface area (Å²) in [4.78, 5) is 10.1. The van der Waals surface area contributed by atoms with Crippen molar-refractivity contribution in [2.75, 3.05) is 13.7 Å². The maximum atomic E-state index is 12.4. The number of hydrogen-bond donors (Lipinski definition) is 1. The van der Waals surface area contributed by atoms with Crippen molar-refractivity contribution >= 4 is 16.1 Å². The van der Waals surface area contributed by atoms with Crippen molar-refractivity contribution in [1.82, 2.24) is 0 Å². The Bertz CT molecular complexity index is 1010. The second-order valence-corrected chi connectivity index (χ2v) is 8.61. The summed E-state index contributed by atoms with van der Waals surface area (Å²) in [5.41, 5.74) is 0.730. The van der Waals surface area contributed by atoms with Crippen LogP contribution in [-0.4, -0.2) is 56.8 Å². The topological polar surface area (TPSA) is 144 Å². The average molecular weight is 483 g/mol. The largest absolute Gasteiger partial charge is 0.449 e. The number of nitrogens with zero attached hydrogens (tertiary/aromatic N) is 1. The SMILES string of the molecule is CO[C@H]1OC(COCc2ccccc2)[C@@H](O)C(C)[C@@H]1OS(=O)(=O)Oc1ccc([N+](=O)[O-])cc1. The molecule has 5 atom stereocenters. The molecule has 0 spiro atoms. The summed E-state index contributed by atoms with van der Waals surface area (Å²) in [7, 11) is -3.29. The zero-order valence-electron chi connectivity index (χ0n) is 18.0. The van der Waals surface area contributed by atoms with Crippen LogP contribution in [0.3, 0.4) is 0 Å². The summed E-state index contributed by atoms with van der Waals surface area (Å²) in [6.07, 6.45) is -4.21. The predicted octanol–water partition coefficient (Wildman–Crippen LogP) is 2.19. The van der Waals surface area contributed by atoms with Crippen LogP contribution in [0.5, 0.6) is 5.75 Å². The molecule has 2 aromatic rings. The van der Waals surface area contributed by atoms with Crippen molar-refractivity contribution in [3.8, 4) is 5.75 Å². The van der Waals surface area contributed by atoms with E-state index in [1.807, 2.05) is 30.3 Å².